The van der Waals surface area contributed by atoms with Gasteiger partial charge < -0.3 is 29.0 Å². The zero-order valence-electron chi connectivity index (χ0n) is 23.7. The summed E-state index contributed by atoms with van der Waals surface area (Å²) in [4.78, 5) is 52.6. The van der Waals surface area contributed by atoms with Crippen LogP contribution in [-0.2, 0) is 25.5 Å². The SMILES string of the molecule is CC(C)(C)OC(=O)CO[C@@H]1C[C@H](Cn2cnc3c(NC(=O)c4ccccc4)ncnc32)N(C(=O)OC(C)(C)C)C1. The summed E-state index contributed by atoms with van der Waals surface area (Å²) in [6, 6.07) is 8.48. The van der Waals surface area contributed by atoms with Gasteiger partial charge in [0.25, 0.3) is 5.91 Å². The minimum absolute atomic E-state index is 0.220. The first kappa shape index (κ1) is 28.9. The monoisotopic (exact) mass is 552 g/mol. The van der Waals surface area contributed by atoms with E-state index in [9.17, 15) is 14.4 Å². The Labute approximate surface area is 233 Å². The van der Waals surface area contributed by atoms with Crippen LogP contribution in [0.25, 0.3) is 11.2 Å². The molecule has 0 saturated carbocycles. The molecule has 2 aromatic heterocycles. The number of nitrogens with one attached hydrogen (secondary N) is 1. The number of imidazole rings is 1. The Bertz CT molecular complexity index is 1360. The molecular formula is C28H36N6O6. The average Bonchev–Trinajstić information content (AvgIpc) is 3.46. The third-order valence-corrected chi connectivity index (χ3v) is 5.94. The summed E-state index contributed by atoms with van der Waals surface area (Å²) in [5, 5.41) is 2.80. The van der Waals surface area contributed by atoms with Crippen LogP contribution in [0.1, 0.15) is 58.3 Å². The number of rotatable bonds is 7. The summed E-state index contributed by atoms with van der Waals surface area (Å²) in [6.45, 7) is 11.2. The number of likely N-dealkylation sites (tertiary alicyclic amines) is 1. The lowest BCUT2D eigenvalue weighted by atomic mass is 10.2. The van der Waals surface area contributed by atoms with Gasteiger partial charge in [0.15, 0.2) is 17.0 Å². The van der Waals surface area contributed by atoms with Crippen LogP contribution in [0.15, 0.2) is 43.0 Å². The van der Waals surface area contributed by atoms with E-state index in [0.717, 1.165) is 0 Å². The van der Waals surface area contributed by atoms with Gasteiger partial charge in [0, 0.05) is 12.1 Å². The number of anilines is 1. The molecule has 4 rings (SSSR count). The Morgan fingerprint density at radius 2 is 1.68 bits per heavy atom. The topological polar surface area (TPSA) is 138 Å². The van der Waals surface area contributed by atoms with Crippen LogP contribution in [0.5, 0.6) is 0 Å². The molecule has 0 radical (unpaired) electrons. The second-order valence-electron chi connectivity index (χ2n) is 11.7. The maximum Gasteiger partial charge on any atom is 0.410 e. The number of hydrogen-bond donors (Lipinski definition) is 1. The molecule has 2 atom stereocenters. The van der Waals surface area contributed by atoms with Crippen molar-refractivity contribution in [1.82, 2.24) is 24.4 Å². The number of ether oxygens (including phenoxy) is 3. The van der Waals surface area contributed by atoms with E-state index in [2.05, 4.69) is 20.3 Å². The lowest BCUT2D eigenvalue weighted by Gasteiger charge is -2.28. The molecule has 2 amide bonds. The van der Waals surface area contributed by atoms with Gasteiger partial charge in [-0.2, -0.15) is 0 Å². The number of aromatic nitrogens is 4. The van der Waals surface area contributed by atoms with E-state index in [1.807, 2.05) is 6.07 Å². The number of hydrogen-bond acceptors (Lipinski definition) is 9. The van der Waals surface area contributed by atoms with E-state index < -0.39 is 29.4 Å². The van der Waals surface area contributed by atoms with E-state index in [1.165, 1.54) is 6.33 Å². The number of carbonyl (C=O) groups is 3. The maximum atomic E-state index is 13.1. The van der Waals surface area contributed by atoms with Gasteiger partial charge in [-0.05, 0) is 60.1 Å². The van der Waals surface area contributed by atoms with Crippen LogP contribution in [0, 0.1) is 0 Å². The first-order valence-electron chi connectivity index (χ1n) is 13.1. The predicted molar refractivity (Wildman–Crippen MR) is 147 cm³/mol. The van der Waals surface area contributed by atoms with Gasteiger partial charge in [0.05, 0.1) is 25.0 Å². The highest BCUT2D eigenvalue weighted by molar-refractivity contribution is 6.06. The molecule has 1 aliphatic rings. The van der Waals surface area contributed by atoms with Crippen LogP contribution < -0.4 is 5.32 Å². The van der Waals surface area contributed by atoms with E-state index in [0.29, 0.717) is 29.7 Å². The van der Waals surface area contributed by atoms with Gasteiger partial charge >= 0.3 is 12.1 Å². The number of carbonyl (C=O) groups excluding carboxylic acids is 3. The summed E-state index contributed by atoms with van der Waals surface area (Å²) in [6.07, 6.45) is 2.55. The van der Waals surface area contributed by atoms with Crippen LogP contribution in [0.3, 0.4) is 0 Å². The first-order valence-corrected chi connectivity index (χ1v) is 13.1. The van der Waals surface area contributed by atoms with E-state index in [1.54, 1.807) is 81.6 Å². The Kier molecular flexibility index (Phi) is 8.38. The third-order valence-electron chi connectivity index (χ3n) is 5.94. The van der Waals surface area contributed by atoms with Crippen molar-refractivity contribution in [1.29, 1.82) is 0 Å². The highest BCUT2D eigenvalue weighted by Gasteiger charge is 2.39. The molecule has 40 heavy (non-hydrogen) atoms. The highest BCUT2D eigenvalue weighted by Crippen LogP contribution is 2.27. The van der Waals surface area contributed by atoms with Gasteiger partial charge in [0.2, 0.25) is 0 Å². The van der Waals surface area contributed by atoms with Crippen molar-refractivity contribution in [2.45, 2.75) is 77.9 Å². The van der Waals surface area contributed by atoms with Gasteiger partial charge in [-0.3, -0.25) is 4.79 Å². The maximum absolute atomic E-state index is 13.1. The molecule has 1 aliphatic heterocycles. The quantitative estimate of drug-likeness (QED) is 0.434. The Morgan fingerprint density at radius 3 is 2.35 bits per heavy atom. The minimum Gasteiger partial charge on any atom is -0.458 e. The lowest BCUT2D eigenvalue weighted by molar-refractivity contribution is -0.162. The molecule has 0 spiro atoms. The Balaban J connectivity index is 1.51. The van der Waals surface area contributed by atoms with Crippen molar-refractivity contribution in [3.63, 3.8) is 0 Å². The van der Waals surface area contributed by atoms with Crippen LogP contribution in [0.4, 0.5) is 10.6 Å². The van der Waals surface area contributed by atoms with Crippen LogP contribution in [0.2, 0.25) is 0 Å². The fourth-order valence-electron chi connectivity index (χ4n) is 4.37. The minimum atomic E-state index is -0.683. The second kappa shape index (κ2) is 11.6. The smallest absolute Gasteiger partial charge is 0.410 e. The zero-order valence-corrected chi connectivity index (χ0v) is 23.7. The predicted octanol–water partition coefficient (Wildman–Crippen LogP) is 3.81. The molecule has 214 valence electrons. The lowest BCUT2D eigenvalue weighted by Crippen LogP contribution is -2.41. The zero-order chi connectivity index (χ0) is 29.1. The average molecular weight is 553 g/mol. The van der Waals surface area contributed by atoms with Crippen molar-refractivity contribution < 1.29 is 28.6 Å². The fraction of sp³-hybridized carbons (Fsp3) is 0.500. The van der Waals surface area contributed by atoms with Gasteiger partial charge in [-0.15, -0.1) is 0 Å². The van der Waals surface area contributed by atoms with E-state index >= 15 is 0 Å². The number of amides is 2. The summed E-state index contributed by atoms with van der Waals surface area (Å²) >= 11 is 0. The molecule has 1 saturated heterocycles. The molecule has 1 aromatic carbocycles. The third kappa shape index (κ3) is 7.53. The number of fused-ring (bicyclic) bond motifs is 1. The largest absolute Gasteiger partial charge is 0.458 e. The van der Waals surface area contributed by atoms with Gasteiger partial charge in [-0.25, -0.2) is 24.5 Å². The van der Waals surface area contributed by atoms with Gasteiger partial charge in [0.1, 0.15) is 24.1 Å². The molecule has 12 nitrogen and oxygen atoms in total. The van der Waals surface area contributed by atoms with Crippen molar-refractivity contribution in [3.05, 3.63) is 48.5 Å². The summed E-state index contributed by atoms with van der Waals surface area (Å²) < 4.78 is 18.6. The number of benzene rings is 1. The molecule has 1 fully saturated rings. The molecule has 12 heteroatoms. The van der Waals surface area contributed by atoms with Crippen molar-refractivity contribution >= 4 is 35.0 Å². The van der Waals surface area contributed by atoms with Crippen LogP contribution >= 0.6 is 0 Å². The van der Waals surface area contributed by atoms with Crippen LogP contribution in [-0.4, -0.2) is 78.9 Å². The molecule has 0 bridgehead atoms. The molecular weight excluding hydrogens is 516 g/mol. The molecule has 3 heterocycles. The normalized spacial score (nSPS) is 17.6. The van der Waals surface area contributed by atoms with Gasteiger partial charge in [-0.1, -0.05) is 18.2 Å². The van der Waals surface area contributed by atoms with Crippen molar-refractivity contribution in [2.75, 3.05) is 18.5 Å². The van der Waals surface area contributed by atoms with E-state index in [4.69, 9.17) is 14.2 Å². The number of esters is 1. The summed E-state index contributed by atoms with van der Waals surface area (Å²) in [5.74, 6) is -0.499. The molecule has 1 N–H and O–H groups in total. The standard InChI is InChI=1S/C28H36N6O6/c1-27(2,3)39-21(35)15-38-20-12-19(34(14-20)26(37)40-28(4,5)6)13-33-17-31-22-23(29-16-30-24(22)33)32-25(36)18-10-8-7-9-11-18/h7-11,16-17,19-20H,12-15H2,1-6H3,(H,29,30,32,36)/t19-,20-/m1/s1. The summed E-state index contributed by atoms with van der Waals surface area (Å²) in [5.41, 5.74) is 0.111. The second-order valence-corrected chi connectivity index (χ2v) is 11.7. The Hall–Kier alpha value is -4.06. The molecule has 0 unspecified atom stereocenters. The first-order chi connectivity index (χ1) is 18.8. The van der Waals surface area contributed by atoms with E-state index in [-0.39, 0.29) is 30.9 Å². The molecule has 3 aromatic rings. The summed E-state index contributed by atoms with van der Waals surface area (Å²) in [7, 11) is 0. The highest BCUT2D eigenvalue weighted by atomic mass is 16.6. The fourth-order valence-corrected chi connectivity index (χ4v) is 4.37. The molecule has 0 aliphatic carbocycles. The Morgan fingerprint density at radius 1 is 0.975 bits per heavy atom. The number of nitrogens with zero attached hydrogens (tertiary/aromatic N) is 5. The van der Waals surface area contributed by atoms with Crippen molar-refractivity contribution in [3.8, 4) is 0 Å². The van der Waals surface area contributed by atoms with Crippen molar-refractivity contribution in [2.24, 2.45) is 0 Å².